The number of carbonyl (C=O) groups is 1. The first-order valence-corrected chi connectivity index (χ1v) is 3.63. The Morgan fingerprint density at radius 3 is 2.91 bits per heavy atom. The van der Waals surface area contributed by atoms with Gasteiger partial charge in [-0.2, -0.15) is 0 Å². The third-order valence-corrected chi connectivity index (χ3v) is 1.27. The first kappa shape index (κ1) is 10.2. The highest BCUT2D eigenvalue weighted by molar-refractivity contribution is 5.71. The molecule has 11 heavy (non-hydrogen) atoms. The molecule has 0 aromatic rings. The zero-order valence-corrected chi connectivity index (χ0v) is 6.75. The van der Waals surface area contributed by atoms with Crippen LogP contribution < -0.4 is 0 Å². The summed E-state index contributed by atoms with van der Waals surface area (Å²) in [4.78, 5) is 10.2. The first-order valence-electron chi connectivity index (χ1n) is 3.63. The quantitative estimate of drug-likeness (QED) is 0.470. The van der Waals surface area contributed by atoms with Gasteiger partial charge in [-0.1, -0.05) is 6.08 Å². The highest BCUT2D eigenvalue weighted by Gasteiger charge is 2.09. The molecule has 0 rings (SSSR count). The average Bonchev–Trinajstić information content (AvgIpc) is 1.97. The standard InChI is InChI=1S/C8H14O3/c1-3-4-5-6-11-7(2)8(9)10/h3,7H,1,4-6H2,2H3,(H,9,10)/t7-/m1/s1. The summed E-state index contributed by atoms with van der Waals surface area (Å²) in [6.45, 7) is 5.55. The number of aliphatic carboxylic acids is 1. The first-order chi connectivity index (χ1) is 5.18. The Labute approximate surface area is 66.7 Å². The Morgan fingerprint density at radius 1 is 1.82 bits per heavy atom. The summed E-state index contributed by atoms with van der Waals surface area (Å²) in [6, 6.07) is 0. The molecule has 1 atom stereocenters. The lowest BCUT2D eigenvalue weighted by Crippen LogP contribution is -2.20. The SMILES string of the molecule is C=CCCCO[C@H](C)C(=O)O. The van der Waals surface area contributed by atoms with Gasteiger partial charge in [0.2, 0.25) is 0 Å². The van der Waals surface area contributed by atoms with Gasteiger partial charge in [-0.15, -0.1) is 6.58 Å². The van der Waals surface area contributed by atoms with Crippen molar-refractivity contribution in [2.24, 2.45) is 0 Å². The average molecular weight is 158 g/mol. The van der Waals surface area contributed by atoms with Crippen molar-refractivity contribution in [1.82, 2.24) is 0 Å². The van der Waals surface area contributed by atoms with Gasteiger partial charge in [0.25, 0.3) is 0 Å². The molecule has 0 amide bonds. The normalized spacial score (nSPS) is 12.5. The molecule has 0 aromatic carbocycles. The van der Waals surface area contributed by atoms with Crippen LogP contribution in [0.15, 0.2) is 12.7 Å². The fourth-order valence-electron chi connectivity index (χ4n) is 0.559. The molecule has 0 aliphatic rings. The summed E-state index contributed by atoms with van der Waals surface area (Å²) >= 11 is 0. The molecule has 0 aliphatic heterocycles. The van der Waals surface area contributed by atoms with Gasteiger partial charge in [0, 0.05) is 6.61 Å². The van der Waals surface area contributed by atoms with Crippen LogP contribution in [0.4, 0.5) is 0 Å². The lowest BCUT2D eigenvalue weighted by Gasteiger charge is -2.06. The van der Waals surface area contributed by atoms with Crippen molar-refractivity contribution in [3.05, 3.63) is 12.7 Å². The molecule has 0 saturated carbocycles. The monoisotopic (exact) mass is 158 g/mol. The molecule has 64 valence electrons. The summed E-state index contributed by atoms with van der Waals surface area (Å²) in [6.07, 6.45) is 2.79. The number of ether oxygens (including phenoxy) is 1. The largest absolute Gasteiger partial charge is 0.479 e. The Bertz CT molecular complexity index is 131. The summed E-state index contributed by atoms with van der Waals surface area (Å²) in [5, 5.41) is 8.39. The van der Waals surface area contributed by atoms with Gasteiger partial charge in [-0.3, -0.25) is 0 Å². The second kappa shape index (κ2) is 5.92. The molecule has 0 heterocycles. The summed E-state index contributed by atoms with van der Waals surface area (Å²) < 4.78 is 4.96. The summed E-state index contributed by atoms with van der Waals surface area (Å²) in [5.41, 5.74) is 0. The van der Waals surface area contributed by atoms with Crippen molar-refractivity contribution < 1.29 is 14.6 Å². The van der Waals surface area contributed by atoms with Crippen molar-refractivity contribution in [3.63, 3.8) is 0 Å². The van der Waals surface area contributed by atoms with Crippen LogP contribution in [0.25, 0.3) is 0 Å². The Kier molecular flexibility index (Phi) is 5.47. The molecular weight excluding hydrogens is 144 g/mol. The fraction of sp³-hybridized carbons (Fsp3) is 0.625. The van der Waals surface area contributed by atoms with E-state index in [1.807, 2.05) is 0 Å². The minimum atomic E-state index is -0.913. The molecule has 0 unspecified atom stereocenters. The summed E-state index contributed by atoms with van der Waals surface area (Å²) in [7, 11) is 0. The Morgan fingerprint density at radius 2 is 2.45 bits per heavy atom. The predicted molar refractivity (Wildman–Crippen MR) is 42.5 cm³/mol. The van der Waals surface area contributed by atoms with Gasteiger partial charge < -0.3 is 9.84 Å². The van der Waals surface area contributed by atoms with E-state index in [1.54, 1.807) is 6.08 Å². The maximum Gasteiger partial charge on any atom is 0.332 e. The predicted octanol–water partition coefficient (Wildman–Crippen LogP) is 1.44. The molecule has 0 aromatic heterocycles. The van der Waals surface area contributed by atoms with Crippen LogP contribution in [0.3, 0.4) is 0 Å². The number of hydrogen-bond acceptors (Lipinski definition) is 2. The zero-order chi connectivity index (χ0) is 8.69. The van der Waals surface area contributed by atoms with E-state index >= 15 is 0 Å². The molecule has 0 fully saturated rings. The summed E-state index contributed by atoms with van der Waals surface area (Å²) in [5.74, 6) is -0.913. The van der Waals surface area contributed by atoms with Gasteiger partial charge in [0.15, 0.2) is 6.10 Å². The smallest absolute Gasteiger partial charge is 0.332 e. The lowest BCUT2D eigenvalue weighted by molar-refractivity contribution is -0.149. The van der Waals surface area contributed by atoms with Crippen LogP contribution in [-0.4, -0.2) is 23.8 Å². The van der Waals surface area contributed by atoms with E-state index < -0.39 is 12.1 Å². The van der Waals surface area contributed by atoms with E-state index in [2.05, 4.69) is 6.58 Å². The molecule has 0 spiro atoms. The number of allylic oxidation sites excluding steroid dienone is 1. The van der Waals surface area contributed by atoms with E-state index in [9.17, 15) is 4.79 Å². The van der Waals surface area contributed by atoms with E-state index in [-0.39, 0.29) is 0 Å². The van der Waals surface area contributed by atoms with Gasteiger partial charge in [-0.05, 0) is 19.8 Å². The topological polar surface area (TPSA) is 46.5 Å². The van der Waals surface area contributed by atoms with Crippen LogP contribution in [0, 0.1) is 0 Å². The van der Waals surface area contributed by atoms with E-state index in [4.69, 9.17) is 9.84 Å². The van der Waals surface area contributed by atoms with E-state index in [1.165, 1.54) is 6.92 Å². The van der Waals surface area contributed by atoms with Crippen molar-refractivity contribution in [2.45, 2.75) is 25.9 Å². The van der Waals surface area contributed by atoms with Crippen molar-refractivity contribution in [2.75, 3.05) is 6.61 Å². The Hall–Kier alpha value is -0.830. The minimum absolute atomic E-state index is 0.486. The molecule has 1 N–H and O–H groups in total. The highest BCUT2D eigenvalue weighted by atomic mass is 16.5. The van der Waals surface area contributed by atoms with Crippen LogP contribution in [0.5, 0.6) is 0 Å². The van der Waals surface area contributed by atoms with Gasteiger partial charge in [-0.25, -0.2) is 4.79 Å². The van der Waals surface area contributed by atoms with Gasteiger partial charge >= 0.3 is 5.97 Å². The molecule has 3 heteroatoms. The number of unbranched alkanes of at least 4 members (excludes halogenated alkanes) is 1. The third-order valence-electron chi connectivity index (χ3n) is 1.27. The van der Waals surface area contributed by atoms with Crippen molar-refractivity contribution in [3.8, 4) is 0 Å². The maximum atomic E-state index is 10.2. The van der Waals surface area contributed by atoms with Crippen molar-refractivity contribution >= 4 is 5.97 Å². The van der Waals surface area contributed by atoms with E-state index in [0.29, 0.717) is 6.61 Å². The highest BCUT2D eigenvalue weighted by Crippen LogP contribution is 1.95. The molecule has 0 bridgehead atoms. The molecule has 0 aliphatic carbocycles. The number of carboxylic acids is 1. The lowest BCUT2D eigenvalue weighted by atomic mass is 10.3. The Balaban J connectivity index is 3.24. The second-order valence-electron chi connectivity index (χ2n) is 2.28. The zero-order valence-electron chi connectivity index (χ0n) is 6.75. The van der Waals surface area contributed by atoms with Crippen LogP contribution >= 0.6 is 0 Å². The van der Waals surface area contributed by atoms with Crippen LogP contribution in [-0.2, 0) is 9.53 Å². The van der Waals surface area contributed by atoms with Gasteiger partial charge in [0.05, 0.1) is 0 Å². The minimum Gasteiger partial charge on any atom is -0.479 e. The number of hydrogen-bond donors (Lipinski definition) is 1. The maximum absolute atomic E-state index is 10.2. The second-order valence-corrected chi connectivity index (χ2v) is 2.28. The van der Waals surface area contributed by atoms with E-state index in [0.717, 1.165) is 12.8 Å². The number of rotatable bonds is 6. The molecule has 3 nitrogen and oxygen atoms in total. The van der Waals surface area contributed by atoms with Gasteiger partial charge in [0.1, 0.15) is 0 Å². The third kappa shape index (κ3) is 5.61. The fourth-order valence-corrected chi connectivity index (χ4v) is 0.559. The molecular formula is C8H14O3. The van der Waals surface area contributed by atoms with Crippen LogP contribution in [0.1, 0.15) is 19.8 Å². The van der Waals surface area contributed by atoms with Crippen molar-refractivity contribution in [1.29, 1.82) is 0 Å². The number of carboxylic acid groups (broad SMARTS) is 1. The van der Waals surface area contributed by atoms with Crippen LogP contribution in [0.2, 0.25) is 0 Å². The molecule has 0 radical (unpaired) electrons. The molecule has 0 saturated heterocycles.